The largest absolute Gasteiger partial charge is 0.309 e. The van der Waals surface area contributed by atoms with Gasteiger partial charge in [-0.05, 0) is 23.8 Å². The van der Waals surface area contributed by atoms with Crippen LogP contribution in [0.25, 0.3) is 0 Å². The summed E-state index contributed by atoms with van der Waals surface area (Å²) in [7, 11) is 0. The normalized spacial score (nSPS) is 10.7. The van der Waals surface area contributed by atoms with Gasteiger partial charge in [-0.2, -0.15) is 0 Å². The zero-order valence-electron chi connectivity index (χ0n) is 9.89. The van der Waals surface area contributed by atoms with Gasteiger partial charge in [-0.3, -0.25) is 0 Å². The molecule has 0 aromatic heterocycles. The van der Waals surface area contributed by atoms with Crippen molar-refractivity contribution in [1.82, 2.24) is 5.32 Å². The van der Waals surface area contributed by atoms with E-state index in [1.807, 2.05) is 0 Å². The monoisotopic (exact) mass is 301 g/mol. The van der Waals surface area contributed by atoms with Gasteiger partial charge in [0, 0.05) is 18.7 Å². The lowest BCUT2D eigenvalue weighted by molar-refractivity contribution is 0.587. The Bertz CT molecular complexity index is 588. The quantitative estimate of drug-likeness (QED) is 0.873. The predicted octanol–water partition coefficient (Wildman–Crippen LogP) is 4.56. The second-order valence-electron chi connectivity index (χ2n) is 4.06. The molecule has 0 bridgehead atoms. The van der Waals surface area contributed by atoms with Gasteiger partial charge in [-0.1, -0.05) is 41.4 Å². The molecule has 100 valence electrons. The van der Waals surface area contributed by atoms with Gasteiger partial charge < -0.3 is 5.32 Å². The molecule has 5 heteroatoms. The molecule has 2 aromatic carbocycles. The highest BCUT2D eigenvalue weighted by Gasteiger charge is 2.06. The maximum absolute atomic E-state index is 13.6. The molecule has 0 fully saturated rings. The Balaban J connectivity index is 1.96. The lowest BCUT2D eigenvalue weighted by atomic mass is 10.2. The van der Waals surface area contributed by atoms with Gasteiger partial charge in [0.15, 0.2) is 0 Å². The fourth-order valence-corrected chi connectivity index (χ4v) is 2.07. The molecule has 0 atom stereocenters. The molecule has 0 aliphatic rings. The summed E-state index contributed by atoms with van der Waals surface area (Å²) in [6.45, 7) is 0.799. The number of hydrogen-bond donors (Lipinski definition) is 1. The first-order valence-electron chi connectivity index (χ1n) is 5.65. The third-order valence-electron chi connectivity index (χ3n) is 2.66. The number of halogens is 4. The van der Waals surface area contributed by atoms with Crippen molar-refractivity contribution in [2.75, 3.05) is 0 Å². The standard InChI is InChI=1S/C14H11Cl2F2N/c15-11-3-1-2-10(14(11)18)8-19-7-9-4-5-13(17)12(16)6-9/h1-6,19H,7-8H2. The van der Waals surface area contributed by atoms with E-state index in [1.165, 1.54) is 18.2 Å². The fraction of sp³-hybridized carbons (Fsp3) is 0.143. The van der Waals surface area contributed by atoms with Crippen LogP contribution in [0, 0.1) is 11.6 Å². The summed E-state index contributed by atoms with van der Waals surface area (Å²) in [5.41, 5.74) is 1.31. The minimum absolute atomic E-state index is 0.0771. The van der Waals surface area contributed by atoms with Crippen molar-refractivity contribution < 1.29 is 8.78 Å². The van der Waals surface area contributed by atoms with E-state index in [9.17, 15) is 8.78 Å². The lowest BCUT2D eigenvalue weighted by Gasteiger charge is -2.07. The first kappa shape index (κ1) is 14.3. The first-order valence-corrected chi connectivity index (χ1v) is 6.41. The molecular formula is C14H11Cl2F2N. The van der Waals surface area contributed by atoms with E-state index < -0.39 is 11.6 Å². The van der Waals surface area contributed by atoms with Gasteiger partial charge in [0.05, 0.1) is 10.0 Å². The predicted molar refractivity (Wildman–Crippen MR) is 73.4 cm³/mol. The molecule has 1 nitrogen and oxygen atoms in total. The number of benzene rings is 2. The van der Waals surface area contributed by atoms with E-state index in [4.69, 9.17) is 23.2 Å². The third kappa shape index (κ3) is 3.66. The molecule has 0 spiro atoms. The number of nitrogens with one attached hydrogen (secondary N) is 1. The minimum Gasteiger partial charge on any atom is -0.309 e. The van der Waals surface area contributed by atoms with E-state index in [1.54, 1.807) is 18.2 Å². The Morgan fingerprint density at radius 3 is 2.47 bits per heavy atom. The zero-order valence-corrected chi connectivity index (χ0v) is 11.4. The van der Waals surface area contributed by atoms with Crippen LogP contribution < -0.4 is 5.32 Å². The highest BCUT2D eigenvalue weighted by molar-refractivity contribution is 6.31. The summed E-state index contributed by atoms with van der Waals surface area (Å²) in [6.07, 6.45) is 0. The highest BCUT2D eigenvalue weighted by atomic mass is 35.5. The Morgan fingerprint density at radius 2 is 1.74 bits per heavy atom. The van der Waals surface area contributed by atoms with E-state index >= 15 is 0 Å². The lowest BCUT2D eigenvalue weighted by Crippen LogP contribution is -2.13. The van der Waals surface area contributed by atoms with Gasteiger partial charge >= 0.3 is 0 Å². The second kappa shape index (κ2) is 6.33. The van der Waals surface area contributed by atoms with Crippen molar-refractivity contribution in [3.63, 3.8) is 0 Å². The van der Waals surface area contributed by atoms with Crippen LogP contribution in [0.2, 0.25) is 10.0 Å². The Hall–Kier alpha value is -1.16. The maximum atomic E-state index is 13.6. The van der Waals surface area contributed by atoms with Crippen LogP contribution in [0.5, 0.6) is 0 Å². The fourth-order valence-electron chi connectivity index (χ4n) is 1.68. The van der Waals surface area contributed by atoms with Crippen LogP contribution >= 0.6 is 23.2 Å². The van der Waals surface area contributed by atoms with Crippen molar-refractivity contribution in [3.8, 4) is 0 Å². The molecule has 2 rings (SSSR count). The molecule has 0 aliphatic carbocycles. The van der Waals surface area contributed by atoms with E-state index in [2.05, 4.69) is 5.32 Å². The Morgan fingerprint density at radius 1 is 0.947 bits per heavy atom. The SMILES string of the molecule is Fc1ccc(CNCc2cccc(Cl)c2F)cc1Cl. The van der Waals surface area contributed by atoms with Crippen molar-refractivity contribution in [2.24, 2.45) is 0 Å². The zero-order chi connectivity index (χ0) is 13.8. The summed E-state index contributed by atoms with van der Waals surface area (Å²) in [5.74, 6) is -0.875. The van der Waals surface area contributed by atoms with Gasteiger partial charge in [-0.25, -0.2) is 8.78 Å². The summed E-state index contributed by atoms with van der Waals surface area (Å²) < 4.78 is 26.6. The van der Waals surface area contributed by atoms with Crippen molar-refractivity contribution in [2.45, 2.75) is 13.1 Å². The van der Waals surface area contributed by atoms with Crippen LogP contribution in [-0.2, 0) is 13.1 Å². The molecule has 0 heterocycles. The van der Waals surface area contributed by atoms with Crippen molar-refractivity contribution in [1.29, 1.82) is 0 Å². The molecule has 0 saturated carbocycles. The van der Waals surface area contributed by atoms with Crippen LogP contribution in [0.3, 0.4) is 0 Å². The van der Waals surface area contributed by atoms with Crippen molar-refractivity contribution in [3.05, 3.63) is 69.2 Å². The summed E-state index contributed by atoms with van der Waals surface area (Å²) >= 11 is 11.4. The third-order valence-corrected chi connectivity index (χ3v) is 3.24. The molecule has 1 N–H and O–H groups in total. The average molecular weight is 302 g/mol. The molecule has 0 unspecified atom stereocenters. The van der Waals surface area contributed by atoms with Gasteiger partial charge in [0.25, 0.3) is 0 Å². The van der Waals surface area contributed by atoms with Crippen LogP contribution in [-0.4, -0.2) is 0 Å². The molecular weight excluding hydrogens is 291 g/mol. The van der Waals surface area contributed by atoms with E-state index in [0.29, 0.717) is 18.7 Å². The number of rotatable bonds is 4. The molecule has 19 heavy (non-hydrogen) atoms. The Kier molecular flexibility index (Phi) is 4.75. The molecule has 0 amide bonds. The van der Waals surface area contributed by atoms with Crippen molar-refractivity contribution >= 4 is 23.2 Å². The van der Waals surface area contributed by atoms with E-state index in [-0.39, 0.29) is 10.0 Å². The van der Waals surface area contributed by atoms with Gasteiger partial charge in [0.2, 0.25) is 0 Å². The van der Waals surface area contributed by atoms with Crippen LogP contribution in [0.4, 0.5) is 8.78 Å². The van der Waals surface area contributed by atoms with Crippen LogP contribution in [0.15, 0.2) is 36.4 Å². The van der Waals surface area contributed by atoms with Gasteiger partial charge in [0.1, 0.15) is 11.6 Å². The average Bonchev–Trinajstić information content (AvgIpc) is 2.39. The Labute approximate surface area is 120 Å². The molecule has 0 aliphatic heterocycles. The summed E-state index contributed by atoms with van der Waals surface area (Å²) in [6, 6.07) is 9.32. The van der Waals surface area contributed by atoms with Gasteiger partial charge in [-0.15, -0.1) is 0 Å². The van der Waals surface area contributed by atoms with E-state index in [0.717, 1.165) is 5.56 Å². The minimum atomic E-state index is -0.452. The summed E-state index contributed by atoms with van der Waals surface area (Å²) in [4.78, 5) is 0. The highest BCUT2D eigenvalue weighted by Crippen LogP contribution is 2.18. The molecule has 0 radical (unpaired) electrons. The number of hydrogen-bond acceptors (Lipinski definition) is 1. The second-order valence-corrected chi connectivity index (χ2v) is 4.88. The topological polar surface area (TPSA) is 12.0 Å². The maximum Gasteiger partial charge on any atom is 0.146 e. The molecule has 2 aromatic rings. The molecule has 0 saturated heterocycles. The first-order chi connectivity index (χ1) is 9.08. The van der Waals surface area contributed by atoms with Crippen LogP contribution in [0.1, 0.15) is 11.1 Å². The smallest absolute Gasteiger partial charge is 0.146 e. The summed E-state index contributed by atoms with van der Waals surface area (Å²) in [5, 5.41) is 3.23.